The van der Waals surface area contributed by atoms with Crippen molar-refractivity contribution in [2.45, 2.75) is 44.1 Å². The summed E-state index contributed by atoms with van der Waals surface area (Å²) in [5.74, 6) is 0.0707. The van der Waals surface area contributed by atoms with Gasteiger partial charge < -0.3 is 15.5 Å². The smallest absolute Gasteiger partial charge is 0.241 e. The van der Waals surface area contributed by atoms with Crippen molar-refractivity contribution in [3.63, 3.8) is 0 Å². The third-order valence-corrected chi connectivity index (χ3v) is 4.13. The van der Waals surface area contributed by atoms with Gasteiger partial charge in [-0.2, -0.15) is 0 Å². The molecule has 2 N–H and O–H groups in total. The molecule has 1 aliphatic carbocycles. The van der Waals surface area contributed by atoms with Crippen molar-refractivity contribution in [1.82, 2.24) is 9.80 Å². The first-order chi connectivity index (χ1) is 8.50. The van der Waals surface area contributed by atoms with Crippen LogP contribution in [-0.4, -0.2) is 53.8 Å². The molecule has 2 fully saturated rings. The van der Waals surface area contributed by atoms with E-state index < -0.39 is 0 Å². The highest BCUT2D eigenvalue weighted by molar-refractivity contribution is 5.85. The molecule has 18 heavy (non-hydrogen) atoms. The monoisotopic (exact) mass is 253 g/mol. The van der Waals surface area contributed by atoms with Crippen molar-refractivity contribution in [2.24, 2.45) is 5.73 Å². The van der Waals surface area contributed by atoms with Crippen molar-refractivity contribution in [2.75, 3.05) is 26.7 Å². The van der Waals surface area contributed by atoms with Crippen molar-refractivity contribution >= 4 is 11.8 Å². The van der Waals surface area contributed by atoms with Crippen molar-refractivity contribution in [3.8, 4) is 0 Å². The summed E-state index contributed by atoms with van der Waals surface area (Å²) in [4.78, 5) is 27.4. The minimum atomic E-state index is -0.321. The molecule has 5 heteroatoms. The number of carbonyl (C=O) groups excluding carboxylic acids is 2. The fourth-order valence-corrected chi connectivity index (χ4v) is 2.87. The van der Waals surface area contributed by atoms with Gasteiger partial charge in [-0.3, -0.25) is 9.59 Å². The van der Waals surface area contributed by atoms with E-state index >= 15 is 0 Å². The molecular weight excluding hydrogens is 230 g/mol. The molecule has 2 aliphatic rings. The Morgan fingerprint density at radius 2 is 1.94 bits per heavy atom. The molecule has 0 spiro atoms. The maximum absolute atomic E-state index is 12.2. The predicted molar refractivity (Wildman–Crippen MR) is 68.8 cm³/mol. The van der Waals surface area contributed by atoms with Gasteiger partial charge >= 0.3 is 0 Å². The summed E-state index contributed by atoms with van der Waals surface area (Å²) in [5, 5.41) is 0. The molecular formula is C13H23N3O2. The first-order valence-electron chi connectivity index (χ1n) is 6.81. The minimum absolute atomic E-state index is 0.0262. The largest absolute Gasteiger partial charge is 0.344 e. The topological polar surface area (TPSA) is 66.6 Å². The molecule has 1 aliphatic heterocycles. The Bertz CT molecular complexity index is 337. The Balaban J connectivity index is 1.94. The van der Waals surface area contributed by atoms with Gasteiger partial charge in [-0.05, 0) is 19.3 Å². The van der Waals surface area contributed by atoms with Crippen LogP contribution in [0.4, 0.5) is 0 Å². The van der Waals surface area contributed by atoms with E-state index in [1.807, 2.05) is 0 Å². The maximum atomic E-state index is 12.2. The standard InChI is InChI=1S/C13H23N3O2/c1-15-7-4-8-16(10-12(15)18)11(17)9-13(14)5-2-3-6-13/h2-10,14H2,1H3. The van der Waals surface area contributed by atoms with Gasteiger partial charge in [0.15, 0.2) is 0 Å². The van der Waals surface area contributed by atoms with E-state index in [1.165, 1.54) is 0 Å². The summed E-state index contributed by atoms with van der Waals surface area (Å²) in [6, 6.07) is 0. The Morgan fingerprint density at radius 1 is 1.28 bits per heavy atom. The predicted octanol–water partition coefficient (Wildman–Crippen LogP) is 0.339. The average Bonchev–Trinajstić information content (AvgIpc) is 2.65. The number of nitrogens with zero attached hydrogens (tertiary/aromatic N) is 2. The van der Waals surface area contributed by atoms with E-state index in [2.05, 4.69) is 0 Å². The van der Waals surface area contributed by atoms with E-state index in [-0.39, 0.29) is 23.9 Å². The van der Waals surface area contributed by atoms with E-state index in [9.17, 15) is 9.59 Å². The third-order valence-electron chi connectivity index (χ3n) is 4.13. The fraction of sp³-hybridized carbons (Fsp3) is 0.846. The summed E-state index contributed by atoms with van der Waals surface area (Å²) >= 11 is 0. The first-order valence-corrected chi connectivity index (χ1v) is 6.81. The van der Waals surface area contributed by atoms with Crippen LogP contribution >= 0.6 is 0 Å². The zero-order valence-corrected chi connectivity index (χ0v) is 11.2. The van der Waals surface area contributed by atoms with Crippen molar-refractivity contribution < 1.29 is 9.59 Å². The third kappa shape index (κ3) is 3.02. The molecule has 0 aromatic rings. The normalized spacial score (nSPS) is 24.2. The number of nitrogens with two attached hydrogens (primary N) is 1. The molecule has 2 amide bonds. The minimum Gasteiger partial charge on any atom is -0.344 e. The zero-order valence-electron chi connectivity index (χ0n) is 11.2. The maximum Gasteiger partial charge on any atom is 0.241 e. The molecule has 0 aromatic heterocycles. The Morgan fingerprint density at radius 3 is 2.61 bits per heavy atom. The van der Waals surface area contributed by atoms with Crippen molar-refractivity contribution in [1.29, 1.82) is 0 Å². The summed E-state index contributed by atoms with van der Waals surface area (Å²) in [7, 11) is 1.79. The van der Waals surface area contributed by atoms with Gasteiger partial charge in [-0.1, -0.05) is 12.8 Å². The highest BCUT2D eigenvalue weighted by Gasteiger charge is 2.34. The second-order valence-corrected chi connectivity index (χ2v) is 5.73. The van der Waals surface area contributed by atoms with E-state index in [0.29, 0.717) is 13.0 Å². The molecule has 1 saturated heterocycles. The molecule has 0 atom stereocenters. The molecule has 1 heterocycles. The summed E-state index contributed by atoms with van der Waals surface area (Å²) in [6.45, 7) is 1.62. The lowest BCUT2D eigenvalue weighted by molar-refractivity contribution is -0.138. The summed E-state index contributed by atoms with van der Waals surface area (Å²) in [6.07, 6.45) is 5.34. The highest BCUT2D eigenvalue weighted by atomic mass is 16.2. The van der Waals surface area contributed by atoms with Crippen LogP contribution in [-0.2, 0) is 9.59 Å². The quantitative estimate of drug-likeness (QED) is 0.771. The van der Waals surface area contributed by atoms with Crippen LogP contribution in [0.15, 0.2) is 0 Å². The number of rotatable bonds is 2. The second kappa shape index (κ2) is 5.26. The van der Waals surface area contributed by atoms with Gasteiger partial charge in [0.05, 0.1) is 6.54 Å². The molecule has 0 unspecified atom stereocenters. The van der Waals surface area contributed by atoms with Gasteiger partial charge in [0, 0.05) is 32.1 Å². The fourth-order valence-electron chi connectivity index (χ4n) is 2.87. The molecule has 1 saturated carbocycles. The van der Waals surface area contributed by atoms with E-state index in [1.54, 1.807) is 16.8 Å². The van der Waals surface area contributed by atoms with E-state index in [4.69, 9.17) is 5.73 Å². The average molecular weight is 253 g/mol. The number of likely N-dealkylation sites (N-methyl/N-ethyl adjacent to an activating group) is 1. The van der Waals surface area contributed by atoms with Crippen LogP contribution in [0.1, 0.15) is 38.5 Å². The van der Waals surface area contributed by atoms with Crippen LogP contribution in [0.5, 0.6) is 0 Å². The van der Waals surface area contributed by atoms with Crippen LogP contribution in [0, 0.1) is 0 Å². The second-order valence-electron chi connectivity index (χ2n) is 5.73. The van der Waals surface area contributed by atoms with Gasteiger partial charge in [0.25, 0.3) is 0 Å². The van der Waals surface area contributed by atoms with Crippen LogP contribution in [0.2, 0.25) is 0 Å². The van der Waals surface area contributed by atoms with Crippen molar-refractivity contribution in [3.05, 3.63) is 0 Å². The number of carbonyl (C=O) groups is 2. The summed E-state index contributed by atoms with van der Waals surface area (Å²) in [5.41, 5.74) is 5.90. The highest BCUT2D eigenvalue weighted by Crippen LogP contribution is 2.30. The van der Waals surface area contributed by atoms with Gasteiger partial charge in [-0.15, -0.1) is 0 Å². The molecule has 2 rings (SSSR count). The Labute approximate surface area is 108 Å². The Kier molecular flexibility index (Phi) is 3.90. The lowest BCUT2D eigenvalue weighted by Gasteiger charge is -2.27. The van der Waals surface area contributed by atoms with Crippen LogP contribution < -0.4 is 5.73 Å². The lowest BCUT2D eigenvalue weighted by atomic mass is 9.94. The van der Waals surface area contributed by atoms with Gasteiger partial charge in [-0.25, -0.2) is 0 Å². The lowest BCUT2D eigenvalue weighted by Crippen LogP contribution is -2.45. The van der Waals surface area contributed by atoms with Crippen LogP contribution in [0.3, 0.4) is 0 Å². The van der Waals surface area contributed by atoms with E-state index in [0.717, 1.165) is 38.6 Å². The SMILES string of the molecule is CN1CCCN(C(=O)CC2(N)CCCC2)CC1=O. The number of hydrogen-bond acceptors (Lipinski definition) is 3. The van der Waals surface area contributed by atoms with Crippen LogP contribution in [0.25, 0.3) is 0 Å². The zero-order chi connectivity index (χ0) is 13.2. The Hall–Kier alpha value is -1.10. The molecule has 5 nitrogen and oxygen atoms in total. The van der Waals surface area contributed by atoms with Gasteiger partial charge in [0.1, 0.15) is 0 Å². The molecule has 102 valence electrons. The molecule has 0 aromatic carbocycles. The summed E-state index contributed by atoms with van der Waals surface area (Å²) < 4.78 is 0. The van der Waals surface area contributed by atoms with Gasteiger partial charge in [0.2, 0.25) is 11.8 Å². The first kappa shape index (κ1) is 13.3. The molecule has 0 radical (unpaired) electrons. The number of amides is 2. The number of hydrogen-bond donors (Lipinski definition) is 1. The molecule has 0 bridgehead atoms.